The molecule has 0 amide bonds. The molecular weight excluding hydrogens is 333 g/mol. The van der Waals surface area contributed by atoms with Crippen LogP contribution in [-0.2, 0) is 6.54 Å². The molecule has 20 heavy (non-hydrogen) atoms. The first-order valence-corrected chi connectivity index (χ1v) is 7.48. The summed E-state index contributed by atoms with van der Waals surface area (Å²) >= 11 is 3.42. The molecule has 1 N–H and O–H groups in total. The summed E-state index contributed by atoms with van der Waals surface area (Å²) in [6.07, 6.45) is -2.55. The molecule has 0 aliphatic carbocycles. The minimum absolute atomic E-state index is 0.304. The lowest BCUT2D eigenvalue weighted by molar-refractivity contribution is -0.148. The van der Waals surface area contributed by atoms with Crippen molar-refractivity contribution in [2.75, 3.05) is 19.6 Å². The fourth-order valence-corrected chi connectivity index (χ4v) is 2.90. The van der Waals surface area contributed by atoms with Crippen molar-refractivity contribution in [2.24, 2.45) is 0 Å². The first-order valence-electron chi connectivity index (χ1n) is 6.69. The van der Waals surface area contributed by atoms with Crippen molar-refractivity contribution < 1.29 is 13.2 Å². The van der Waals surface area contributed by atoms with Crippen molar-refractivity contribution in [3.8, 4) is 0 Å². The standard InChI is InChI=1S/C14H18BrF3N2/c15-12-3-1-2-11(8-12)9-19-13-4-6-20(7-5-13)10-14(16,17)18/h1-3,8,13,19H,4-7,9-10H2. The summed E-state index contributed by atoms with van der Waals surface area (Å²) in [7, 11) is 0. The van der Waals surface area contributed by atoms with E-state index in [0.717, 1.165) is 23.9 Å². The summed E-state index contributed by atoms with van der Waals surface area (Å²) in [4.78, 5) is 1.48. The SMILES string of the molecule is FC(F)(F)CN1CCC(NCc2cccc(Br)c2)CC1. The average Bonchev–Trinajstić information content (AvgIpc) is 2.36. The molecule has 0 bridgehead atoms. The normalized spacial score (nSPS) is 18.4. The van der Waals surface area contributed by atoms with Gasteiger partial charge in [0.1, 0.15) is 0 Å². The first-order chi connectivity index (χ1) is 9.42. The van der Waals surface area contributed by atoms with Crippen LogP contribution in [0.5, 0.6) is 0 Å². The molecule has 1 fully saturated rings. The van der Waals surface area contributed by atoms with Crippen LogP contribution in [0, 0.1) is 0 Å². The lowest BCUT2D eigenvalue weighted by Gasteiger charge is -2.32. The van der Waals surface area contributed by atoms with E-state index >= 15 is 0 Å². The maximum Gasteiger partial charge on any atom is 0.401 e. The molecule has 0 aromatic heterocycles. The second-order valence-corrected chi connectivity index (χ2v) is 6.09. The molecule has 1 aromatic carbocycles. The lowest BCUT2D eigenvalue weighted by atomic mass is 10.0. The van der Waals surface area contributed by atoms with Gasteiger partial charge in [0.25, 0.3) is 0 Å². The minimum atomic E-state index is -4.09. The third kappa shape index (κ3) is 5.42. The van der Waals surface area contributed by atoms with Gasteiger partial charge in [-0.25, -0.2) is 0 Å². The first kappa shape index (κ1) is 15.8. The van der Waals surface area contributed by atoms with E-state index < -0.39 is 12.7 Å². The highest BCUT2D eigenvalue weighted by atomic mass is 79.9. The van der Waals surface area contributed by atoms with E-state index in [9.17, 15) is 13.2 Å². The quantitative estimate of drug-likeness (QED) is 0.892. The molecule has 2 rings (SSSR count). The third-order valence-corrected chi connectivity index (χ3v) is 3.97. The van der Waals surface area contributed by atoms with Gasteiger partial charge in [0.15, 0.2) is 0 Å². The molecule has 0 saturated carbocycles. The summed E-state index contributed by atoms with van der Waals surface area (Å²) in [6, 6.07) is 8.34. The zero-order valence-corrected chi connectivity index (χ0v) is 12.7. The second kappa shape index (κ2) is 6.91. The molecule has 0 atom stereocenters. The van der Waals surface area contributed by atoms with Crippen molar-refractivity contribution >= 4 is 15.9 Å². The molecule has 1 aromatic rings. The molecule has 2 nitrogen and oxygen atoms in total. The number of hydrogen-bond acceptors (Lipinski definition) is 2. The highest BCUT2D eigenvalue weighted by molar-refractivity contribution is 9.10. The van der Waals surface area contributed by atoms with Gasteiger partial charge in [0, 0.05) is 17.1 Å². The van der Waals surface area contributed by atoms with E-state index in [4.69, 9.17) is 0 Å². The number of nitrogens with zero attached hydrogens (tertiary/aromatic N) is 1. The monoisotopic (exact) mass is 350 g/mol. The van der Waals surface area contributed by atoms with Crippen LogP contribution in [0.3, 0.4) is 0 Å². The molecule has 6 heteroatoms. The topological polar surface area (TPSA) is 15.3 Å². The Balaban J connectivity index is 1.72. The van der Waals surface area contributed by atoms with Gasteiger partial charge < -0.3 is 5.32 Å². The summed E-state index contributed by atoms with van der Waals surface area (Å²) < 4.78 is 37.9. The van der Waals surface area contributed by atoms with Crippen LogP contribution in [0.15, 0.2) is 28.7 Å². The Morgan fingerprint density at radius 1 is 1.25 bits per heavy atom. The van der Waals surface area contributed by atoms with Gasteiger partial charge in [-0.1, -0.05) is 28.1 Å². The maximum absolute atomic E-state index is 12.3. The van der Waals surface area contributed by atoms with E-state index in [1.807, 2.05) is 24.3 Å². The smallest absolute Gasteiger partial charge is 0.310 e. The van der Waals surface area contributed by atoms with Crippen molar-refractivity contribution in [2.45, 2.75) is 31.6 Å². The Hall–Kier alpha value is -0.590. The van der Waals surface area contributed by atoms with E-state index in [1.54, 1.807) is 0 Å². The molecule has 1 aliphatic rings. The van der Waals surface area contributed by atoms with Crippen molar-refractivity contribution in [3.63, 3.8) is 0 Å². The van der Waals surface area contributed by atoms with Crippen LogP contribution in [0.25, 0.3) is 0 Å². The molecule has 1 saturated heterocycles. The predicted molar refractivity (Wildman–Crippen MR) is 76.5 cm³/mol. The van der Waals surface area contributed by atoms with Crippen molar-refractivity contribution in [1.29, 1.82) is 0 Å². The molecule has 112 valence electrons. The van der Waals surface area contributed by atoms with E-state index in [0.29, 0.717) is 19.1 Å². The zero-order chi connectivity index (χ0) is 14.6. The summed E-state index contributed by atoms with van der Waals surface area (Å²) in [5.74, 6) is 0. The number of rotatable bonds is 4. The third-order valence-electron chi connectivity index (χ3n) is 3.47. The largest absolute Gasteiger partial charge is 0.401 e. The molecule has 1 heterocycles. The molecule has 0 spiro atoms. The van der Waals surface area contributed by atoms with Crippen LogP contribution in [0.4, 0.5) is 13.2 Å². The number of halogens is 4. The Labute approximate surface area is 125 Å². The number of likely N-dealkylation sites (tertiary alicyclic amines) is 1. The van der Waals surface area contributed by atoms with Gasteiger partial charge in [-0.2, -0.15) is 13.2 Å². The second-order valence-electron chi connectivity index (χ2n) is 5.18. The fourth-order valence-electron chi connectivity index (χ4n) is 2.46. The molecular formula is C14H18BrF3N2. The van der Waals surface area contributed by atoms with Crippen LogP contribution in [0.1, 0.15) is 18.4 Å². The Kier molecular flexibility index (Phi) is 5.46. The van der Waals surface area contributed by atoms with E-state index in [2.05, 4.69) is 21.2 Å². The number of hydrogen-bond donors (Lipinski definition) is 1. The molecule has 0 radical (unpaired) electrons. The van der Waals surface area contributed by atoms with Crippen molar-refractivity contribution in [3.05, 3.63) is 34.3 Å². The predicted octanol–water partition coefficient (Wildman–Crippen LogP) is 3.57. The minimum Gasteiger partial charge on any atom is -0.310 e. The molecule has 0 unspecified atom stereocenters. The van der Waals surface area contributed by atoms with Gasteiger partial charge in [-0.05, 0) is 43.6 Å². The van der Waals surface area contributed by atoms with Gasteiger partial charge in [-0.15, -0.1) is 0 Å². The number of benzene rings is 1. The van der Waals surface area contributed by atoms with Gasteiger partial charge >= 0.3 is 6.18 Å². The summed E-state index contributed by atoms with van der Waals surface area (Å²) in [6.45, 7) is 0.986. The van der Waals surface area contributed by atoms with Crippen molar-refractivity contribution in [1.82, 2.24) is 10.2 Å². The van der Waals surface area contributed by atoms with E-state index in [1.165, 1.54) is 10.5 Å². The maximum atomic E-state index is 12.3. The number of piperidine rings is 1. The van der Waals surface area contributed by atoms with E-state index in [-0.39, 0.29) is 0 Å². The van der Waals surface area contributed by atoms with Gasteiger partial charge in [-0.3, -0.25) is 4.90 Å². The van der Waals surface area contributed by atoms with Gasteiger partial charge in [0.05, 0.1) is 6.54 Å². The van der Waals surface area contributed by atoms with Crippen LogP contribution in [0.2, 0.25) is 0 Å². The summed E-state index contributed by atoms with van der Waals surface area (Å²) in [5.41, 5.74) is 1.18. The fraction of sp³-hybridized carbons (Fsp3) is 0.571. The summed E-state index contributed by atoms with van der Waals surface area (Å²) in [5, 5.41) is 3.42. The molecule has 1 aliphatic heterocycles. The Bertz CT molecular complexity index is 429. The Morgan fingerprint density at radius 3 is 2.55 bits per heavy atom. The highest BCUT2D eigenvalue weighted by Gasteiger charge is 2.32. The average molecular weight is 351 g/mol. The number of alkyl halides is 3. The van der Waals surface area contributed by atoms with Crippen LogP contribution in [-0.4, -0.2) is 36.8 Å². The Morgan fingerprint density at radius 2 is 1.95 bits per heavy atom. The zero-order valence-electron chi connectivity index (χ0n) is 11.1. The van der Waals surface area contributed by atoms with Crippen LogP contribution < -0.4 is 5.32 Å². The number of nitrogens with one attached hydrogen (secondary N) is 1. The van der Waals surface area contributed by atoms with Crippen LogP contribution >= 0.6 is 15.9 Å². The van der Waals surface area contributed by atoms with Gasteiger partial charge in [0.2, 0.25) is 0 Å². The lowest BCUT2D eigenvalue weighted by Crippen LogP contribution is -2.45. The highest BCUT2D eigenvalue weighted by Crippen LogP contribution is 2.20.